The third kappa shape index (κ3) is 8.21. The summed E-state index contributed by atoms with van der Waals surface area (Å²) in [4.78, 5) is 0. The van der Waals surface area contributed by atoms with Crippen LogP contribution in [0, 0.1) is 6.92 Å². The van der Waals surface area contributed by atoms with Gasteiger partial charge in [-0.25, -0.2) is 0 Å². The van der Waals surface area contributed by atoms with Gasteiger partial charge in [0.05, 0.1) is 0 Å². The number of aryl methyl sites for hydroxylation is 3. The first-order chi connectivity index (χ1) is 14.6. The van der Waals surface area contributed by atoms with Gasteiger partial charge >= 0.3 is 26.2 Å². The van der Waals surface area contributed by atoms with Gasteiger partial charge in [0.15, 0.2) is 0 Å². The molecule has 5 rings (SSSR count). The second kappa shape index (κ2) is 16.1. The quantitative estimate of drug-likeness (QED) is 0.260. The zero-order valence-corrected chi connectivity index (χ0v) is 25.8. The van der Waals surface area contributed by atoms with Gasteiger partial charge in [-0.15, -0.1) is 70.1 Å². The van der Waals surface area contributed by atoms with Crippen molar-refractivity contribution < 1.29 is 51.0 Å². The molecule has 33 heavy (non-hydrogen) atoms. The molecule has 0 saturated heterocycles. The average molecular weight is 576 g/mol. The van der Waals surface area contributed by atoms with Crippen LogP contribution in [0.3, 0.4) is 0 Å². The molecular weight excluding hydrogens is 539 g/mol. The zero-order valence-electron chi connectivity index (χ0n) is 20.7. The molecule has 1 atom stereocenters. The molecule has 0 aromatic heterocycles. The number of hydrogen-bond donors (Lipinski definition) is 0. The maximum Gasteiger partial charge on any atom is 4.00 e. The molecule has 0 fully saturated rings. The van der Waals surface area contributed by atoms with Crippen LogP contribution in [0.25, 0.3) is 21.5 Å². The largest absolute Gasteiger partial charge is 4.00 e. The van der Waals surface area contributed by atoms with E-state index in [0.29, 0.717) is 5.92 Å². The minimum absolute atomic E-state index is 0. The van der Waals surface area contributed by atoms with Crippen LogP contribution in [-0.4, -0.2) is 9.52 Å². The molecule has 0 heterocycles. The van der Waals surface area contributed by atoms with Crippen LogP contribution < -0.4 is 24.8 Å². The number of hydrogen-bond acceptors (Lipinski definition) is 0. The van der Waals surface area contributed by atoms with Gasteiger partial charge in [-0.1, -0.05) is 69.8 Å². The van der Waals surface area contributed by atoms with E-state index in [4.69, 9.17) is 0 Å². The summed E-state index contributed by atoms with van der Waals surface area (Å²) >= 11 is 0. The summed E-state index contributed by atoms with van der Waals surface area (Å²) in [6.07, 6.45) is 6.51. The van der Waals surface area contributed by atoms with E-state index in [1.807, 2.05) is 0 Å². The molecule has 4 aromatic rings. The fraction of sp³-hybridized carbons (Fsp3) is 0.379. The molecule has 0 N–H and O–H groups in total. The molecule has 1 aliphatic carbocycles. The summed E-state index contributed by atoms with van der Waals surface area (Å²) in [5, 5.41) is 5.71. The topological polar surface area (TPSA) is 0 Å². The molecular formula is C29H37Cl2SiZr. The molecule has 0 amide bonds. The van der Waals surface area contributed by atoms with E-state index in [0.717, 1.165) is 9.52 Å². The van der Waals surface area contributed by atoms with Gasteiger partial charge in [0.1, 0.15) is 0 Å². The molecule has 1 radical (unpaired) electrons. The second-order valence-electron chi connectivity index (χ2n) is 8.72. The van der Waals surface area contributed by atoms with Gasteiger partial charge in [0.2, 0.25) is 0 Å². The Morgan fingerprint density at radius 1 is 0.909 bits per heavy atom. The van der Waals surface area contributed by atoms with Crippen molar-refractivity contribution in [3.63, 3.8) is 0 Å². The maximum atomic E-state index is 2.47. The van der Waals surface area contributed by atoms with E-state index < -0.39 is 0 Å². The third-order valence-electron chi connectivity index (χ3n) is 6.17. The molecule has 1 unspecified atom stereocenters. The summed E-state index contributed by atoms with van der Waals surface area (Å²) in [6, 6.07) is 22.3. The second-order valence-corrected chi connectivity index (χ2v) is 9.88. The minimum Gasteiger partial charge on any atom is -1.00 e. The fourth-order valence-electron chi connectivity index (χ4n) is 4.62. The molecule has 175 valence electrons. The molecule has 0 saturated carbocycles. The first kappa shape index (κ1) is 32.3. The van der Waals surface area contributed by atoms with Crippen molar-refractivity contribution in [3.05, 3.63) is 82.9 Å². The van der Waals surface area contributed by atoms with Gasteiger partial charge in [-0.2, -0.15) is 17.2 Å². The minimum atomic E-state index is 0. The Morgan fingerprint density at radius 3 is 2.15 bits per heavy atom. The predicted octanol–water partition coefficient (Wildman–Crippen LogP) is 2.34. The zero-order chi connectivity index (χ0) is 21.5. The van der Waals surface area contributed by atoms with Crippen LogP contribution in [0.5, 0.6) is 0 Å². The van der Waals surface area contributed by atoms with Crippen LogP contribution in [0.1, 0.15) is 61.3 Å². The molecule has 4 aromatic carbocycles. The van der Waals surface area contributed by atoms with Gasteiger partial charge in [-0.3, -0.25) is 0 Å². The Morgan fingerprint density at radius 2 is 1.52 bits per heavy atom. The van der Waals surface area contributed by atoms with E-state index in [9.17, 15) is 0 Å². The third-order valence-corrected chi connectivity index (χ3v) is 6.17. The normalized spacial score (nSPS) is 12.2. The molecule has 0 nitrogen and oxygen atoms in total. The Hall–Kier alpha value is -0.660. The first-order valence-electron chi connectivity index (χ1n) is 11.6. The van der Waals surface area contributed by atoms with Gasteiger partial charge < -0.3 is 24.8 Å². The monoisotopic (exact) mass is 573 g/mol. The Bertz CT molecular complexity index is 1080. The molecule has 4 heteroatoms. The molecule has 1 aliphatic rings. The maximum absolute atomic E-state index is 2.47. The van der Waals surface area contributed by atoms with Crippen molar-refractivity contribution in [1.82, 2.24) is 0 Å². The average Bonchev–Trinajstić information content (AvgIpc) is 3.46. The SMILES string of the molecule is CCCC(C)c1c[cH-]c2cc3c(cc12)CCC3.C[SiH]C.Cc1c[cH-]c2ccccc12.[Cl-].[Cl-].[Zr+4]. The number of fused-ring (bicyclic) bond motifs is 3. The van der Waals surface area contributed by atoms with E-state index >= 15 is 0 Å². The van der Waals surface area contributed by atoms with E-state index in [1.54, 1.807) is 16.7 Å². The van der Waals surface area contributed by atoms with Crippen molar-refractivity contribution in [2.24, 2.45) is 0 Å². The van der Waals surface area contributed by atoms with Crippen molar-refractivity contribution in [3.8, 4) is 0 Å². The van der Waals surface area contributed by atoms with Crippen molar-refractivity contribution in [1.29, 1.82) is 0 Å². The van der Waals surface area contributed by atoms with E-state index in [1.165, 1.54) is 59.2 Å². The van der Waals surface area contributed by atoms with Crippen molar-refractivity contribution in [2.45, 2.75) is 71.9 Å². The number of rotatable bonds is 3. The van der Waals surface area contributed by atoms with Gasteiger partial charge in [0, 0.05) is 9.52 Å². The van der Waals surface area contributed by atoms with Crippen LogP contribution in [0.4, 0.5) is 0 Å². The molecule has 0 spiro atoms. The van der Waals surface area contributed by atoms with Crippen molar-refractivity contribution >= 4 is 31.1 Å². The van der Waals surface area contributed by atoms with E-state index in [2.05, 4.69) is 94.5 Å². The number of benzene rings is 2. The van der Waals surface area contributed by atoms with Gasteiger partial charge in [-0.05, 0) is 19.3 Å². The number of halogens is 2. The summed E-state index contributed by atoms with van der Waals surface area (Å²) in [5.74, 6) is 0.706. The van der Waals surface area contributed by atoms with E-state index in [-0.39, 0.29) is 51.0 Å². The van der Waals surface area contributed by atoms with Crippen LogP contribution in [0.15, 0.2) is 60.7 Å². The molecule has 0 aliphatic heterocycles. The van der Waals surface area contributed by atoms with Crippen LogP contribution in [-0.2, 0) is 39.0 Å². The Labute approximate surface area is 235 Å². The Kier molecular flexibility index (Phi) is 15.8. The summed E-state index contributed by atoms with van der Waals surface area (Å²) < 4.78 is 0. The first-order valence-corrected chi connectivity index (χ1v) is 14.0. The van der Waals surface area contributed by atoms with Crippen molar-refractivity contribution in [2.75, 3.05) is 0 Å². The Balaban J connectivity index is 0.000000554. The predicted molar refractivity (Wildman–Crippen MR) is 138 cm³/mol. The molecule has 0 bridgehead atoms. The summed E-state index contributed by atoms with van der Waals surface area (Å²) in [6.45, 7) is 11.2. The smallest absolute Gasteiger partial charge is 1.00 e. The van der Waals surface area contributed by atoms with Crippen LogP contribution >= 0.6 is 0 Å². The fourth-order valence-corrected chi connectivity index (χ4v) is 4.62. The summed E-state index contributed by atoms with van der Waals surface area (Å²) in [5.41, 5.74) is 6.14. The van der Waals surface area contributed by atoms with Gasteiger partial charge in [0.25, 0.3) is 0 Å². The standard InChI is InChI=1S/C17H21.C10H9.C2H7Si.2ClH.Zr/c1-3-5-12(2)16-9-8-15-10-13-6-4-7-14(13)11-17(15)16;1-8-6-7-9-4-2-3-5-10(8)9;1-3-2;;;/h8-12H,3-7H2,1-2H3;2-7H,1H3;3H,1-2H3;2*1H;/q2*-1;;;;+4/p-2. The van der Waals surface area contributed by atoms with Crippen LogP contribution in [0.2, 0.25) is 13.1 Å². The summed E-state index contributed by atoms with van der Waals surface area (Å²) in [7, 11) is 0.750.